The first-order valence-corrected chi connectivity index (χ1v) is 11.8. The smallest absolute Gasteiger partial charge is 0.230 e. The zero-order chi connectivity index (χ0) is 23.0. The minimum atomic E-state index is -0.877. The summed E-state index contributed by atoms with van der Waals surface area (Å²) < 4.78 is 0. The zero-order valence-electron chi connectivity index (χ0n) is 20.1. The van der Waals surface area contributed by atoms with Crippen LogP contribution in [0.4, 0.5) is 11.4 Å². The molecule has 0 saturated carbocycles. The molecule has 2 aromatic rings. The van der Waals surface area contributed by atoms with E-state index in [2.05, 4.69) is 55.0 Å². The fraction of sp³-hybridized carbons (Fsp3) is 0.519. The van der Waals surface area contributed by atoms with Gasteiger partial charge >= 0.3 is 0 Å². The summed E-state index contributed by atoms with van der Waals surface area (Å²) >= 11 is 0. The van der Waals surface area contributed by atoms with Crippen LogP contribution in [-0.4, -0.2) is 54.7 Å². The average molecular weight is 436 g/mol. The summed E-state index contributed by atoms with van der Waals surface area (Å²) in [5.41, 5.74) is 3.45. The molecule has 1 N–H and O–H groups in total. The Kier molecular flexibility index (Phi) is 6.33. The normalized spacial score (nSPS) is 24.9. The van der Waals surface area contributed by atoms with Crippen molar-refractivity contribution < 1.29 is 9.90 Å². The Morgan fingerprint density at radius 2 is 1.62 bits per heavy atom. The Morgan fingerprint density at radius 1 is 1.00 bits per heavy atom. The van der Waals surface area contributed by atoms with E-state index in [1.807, 2.05) is 29.2 Å². The van der Waals surface area contributed by atoms with Crippen molar-refractivity contribution in [2.75, 3.05) is 36.5 Å². The third-order valence-corrected chi connectivity index (χ3v) is 7.36. The first-order valence-electron chi connectivity index (χ1n) is 11.8. The molecule has 4 rings (SSSR count). The number of anilines is 2. The summed E-state index contributed by atoms with van der Waals surface area (Å²) in [5, 5.41) is 10.2. The van der Waals surface area contributed by atoms with Crippen molar-refractivity contribution in [3.63, 3.8) is 0 Å². The standard InChI is InChI=1S/C27H37N3O2/c1-19-17-29(18-20(2)28(19)5)25-9-7-6-8-21(25)16-22-14-15-30(26(22)31)24-12-10-23(11-13-24)27(3,4)32/h6-13,19-20,22,32H,14-18H2,1-5H3/t19-,20+,22?. The van der Waals surface area contributed by atoms with Crippen molar-refractivity contribution >= 4 is 17.3 Å². The molecule has 1 amide bonds. The SMILES string of the molecule is C[C@@H]1CN(c2ccccc2CC2CCN(c3ccc(C(C)(C)O)cc3)C2=O)C[C@H](C)N1C. The van der Waals surface area contributed by atoms with Crippen molar-refractivity contribution in [3.05, 3.63) is 59.7 Å². The third-order valence-electron chi connectivity index (χ3n) is 7.36. The van der Waals surface area contributed by atoms with E-state index in [1.165, 1.54) is 11.3 Å². The number of piperazine rings is 1. The molecular weight excluding hydrogens is 398 g/mol. The third kappa shape index (κ3) is 4.55. The minimum Gasteiger partial charge on any atom is -0.386 e. The van der Waals surface area contributed by atoms with Gasteiger partial charge in [0.2, 0.25) is 5.91 Å². The Morgan fingerprint density at radius 3 is 2.25 bits per heavy atom. The van der Waals surface area contributed by atoms with Gasteiger partial charge in [0.05, 0.1) is 5.60 Å². The van der Waals surface area contributed by atoms with Gasteiger partial charge in [-0.25, -0.2) is 0 Å². The highest BCUT2D eigenvalue weighted by Crippen LogP contribution is 2.33. The summed E-state index contributed by atoms with van der Waals surface area (Å²) in [5.74, 6) is 0.211. The predicted molar refractivity (Wildman–Crippen MR) is 131 cm³/mol. The van der Waals surface area contributed by atoms with Crippen LogP contribution >= 0.6 is 0 Å². The van der Waals surface area contributed by atoms with Crippen LogP contribution in [-0.2, 0) is 16.8 Å². The summed E-state index contributed by atoms with van der Waals surface area (Å²) in [7, 11) is 2.21. The van der Waals surface area contributed by atoms with Gasteiger partial charge in [-0.05, 0) is 76.9 Å². The second kappa shape index (κ2) is 8.87. The highest BCUT2D eigenvalue weighted by Gasteiger charge is 2.34. The second-order valence-corrected chi connectivity index (χ2v) is 10.2. The molecule has 2 heterocycles. The zero-order valence-corrected chi connectivity index (χ0v) is 20.1. The second-order valence-electron chi connectivity index (χ2n) is 10.2. The fourth-order valence-corrected chi connectivity index (χ4v) is 5.09. The topological polar surface area (TPSA) is 47.0 Å². The van der Waals surface area contributed by atoms with E-state index in [-0.39, 0.29) is 11.8 Å². The van der Waals surface area contributed by atoms with Gasteiger partial charge in [0, 0.05) is 49.0 Å². The maximum absolute atomic E-state index is 13.3. The van der Waals surface area contributed by atoms with E-state index in [4.69, 9.17) is 0 Å². The minimum absolute atomic E-state index is 0.00687. The summed E-state index contributed by atoms with van der Waals surface area (Å²) in [6, 6.07) is 17.4. The molecule has 0 aliphatic carbocycles. The van der Waals surface area contributed by atoms with E-state index in [1.54, 1.807) is 13.8 Å². The Labute approximate surface area is 192 Å². The van der Waals surface area contributed by atoms with Gasteiger partial charge < -0.3 is 14.9 Å². The number of hydrogen-bond acceptors (Lipinski definition) is 4. The van der Waals surface area contributed by atoms with E-state index in [0.29, 0.717) is 12.1 Å². The average Bonchev–Trinajstić information content (AvgIpc) is 3.11. The van der Waals surface area contributed by atoms with Crippen LogP contribution in [0.15, 0.2) is 48.5 Å². The highest BCUT2D eigenvalue weighted by molar-refractivity contribution is 5.97. The number of benzene rings is 2. The molecule has 2 aromatic carbocycles. The van der Waals surface area contributed by atoms with Gasteiger partial charge in [-0.3, -0.25) is 9.69 Å². The van der Waals surface area contributed by atoms with Gasteiger partial charge in [0.25, 0.3) is 0 Å². The lowest BCUT2D eigenvalue weighted by Crippen LogP contribution is -2.55. The molecule has 3 atom stereocenters. The molecular formula is C27H37N3O2. The van der Waals surface area contributed by atoms with Gasteiger partial charge in [-0.2, -0.15) is 0 Å². The van der Waals surface area contributed by atoms with E-state index >= 15 is 0 Å². The number of rotatable bonds is 5. The molecule has 2 fully saturated rings. The van der Waals surface area contributed by atoms with E-state index in [9.17, 15) is 9.90 Å². The van der Waals surface area contributed by atoms with Crippen LogP contribution in [0.5, 0.6) is 0 Å². The first-order chi connectivity index (χ1) is 15.1. The Bertz CT molecular complexity index is 938. The number of likely N-dealkylation sites (N-methyl/N-ethyl adjacent to an activating group) is 1. The maximum Gasteiger partial charge on any atom is 0.230 e. The van der Waals surface area contributed by atoms with E-state index in [0.717, 1.165) is 43.7 Å². The summed E-state index contributed by atoms with van der Waals surface area (Å²) in [6.07, 6.45) is 1.65. The molecule has 0 bridgehead atoms. The van der Waals surface area contributed by atoms with Crippen LogP contribution in [0.2, 0.25) is 0 Å². The Hall–Kier alpha value is -2.37. The van der Waals surface area contributed by atoms with Crippen molar-refractivity contribution in [2.45, 2.75) is 58.2 Å². The van der Waals surface area contributed by atoms with Gasteiger partial charge in [0.1, 0.15) is 0 Å². The molecule has 2 aliphatic heterocycles. The number of para-hydroxylation sites is 1. The number of aliphatic hydroxyl groups is 1. The van der Waals surface area contributed by atoms with Crippen LogP contribution in [0.1, 0.15) is 45.2 Å². The molecule has 2 aliphatic rings. The van der Waals surface area contributed by atoms with Gasteiger partial charge in [0.15, 0.2) is 0 Å². The summed E-state index contributed by atoms with van der Waals surface area (Å²) in [4.78, 5) is 20.1. The predicted octanol–water partition coefficient (Wildman–Crippen LogP) is 4.04. The molecule has 0 radical (unpaired) electrons. The first kappa shape index (κ1) is 22.8. The monoisotopic (exact) mass is 435 g/mol. The molecule has 0 aromatic heterocycles. The number of hydrogen-bond donors (Lipinski definition) is 1. The Balaban J connectivity index is 1.48. The van der Waals surface area contributed by atoms with Crippen molar-refractivity contribution in [1.82, 2.24) is 4.90 Å². The lowest BCUT2D eigenvalue weighted by molar-refractivity contribution is -0.120. The van der Waals surface area contributed by atoms with Crippen LogP contribution in [0.3, 0.4) is 0 Å². The molecule has 5 nitrogen and oxygen atoms in total. The maximum atomic E-state index is 13.3. The van der Waals surface area contributed by atoms with Gasteiger partial charge in [-0.15, -0.1) is 0 Å². The van der Waals surface area contributed by atoms with Gasteiger partial charge in [-0.1, -0.05) is 30.3 Å². The van der Waals surface area contributed by atoms with E-state index < -0.39 is 5.60 Å². The molecule has 0 spiro atoms. The largest absolute Gasteiger partial charge is 0.386 e. The lowest BCUT2D eigenvalue weighted by Gasteiger charge is -2.44. The molecule has 2 saturated heterocycles. The molecule has 172 valence electrons. The lowest BCUT2D eigenvalue weighted by atomic mass is 9.95. The number of amides is 1. The van der Waals surface area contributed by atoms with Crippen molar-refractivity contribution in [1.29, 1.82) is 0 Å². The number of carbonyl (C=O) groups is 1. The molecule has 32 heavy (non-hydrogen) atoms. The highest BCUT2D eigenvalue weighted by atomic mass is 16.3. The fourth-order valence-electron chi connectivity index (χ4n) is 5.09. The quantitative estimate of drug-likeness (QED) is 0.770. The number of nitrogens with zero attached hydrogens (tertiary/aromatic N) is 3. The molecule has 5 heteroatoms. The summed E-state index contributed by atoms with van der Waals surface area (Å²) in [6.45, 7) is 10.9. The number of carbonyl (C=O) groups excluding carboxylic acids is 1. The molecule has 1 unspecified atom stereocenters. The van der Waals surface area contributed by atoms with Crippen LogP contribution < -0.4 is 9.80 Å². The van der Waals surface area contributed by atoms with Crippen molar-refractivity contribution in [3.8, 4) is 0 Å². The van der Waals surface area contributed by atoms with Crippen LogP contribution in [0, 0.1) is 5.92 Å². The van der Waals surface area contributed by atoms with Crippen molar-refractivity contribution in [2.24, 2.45) is 5.92 Å². The van der Waals surface area contributed by atoms with Crippen LogP contribution in [0.25, 0.3) is 0 Å².